The fourth-order valence-corrected chi connectivity index (χ4v) is 0.365. The quantitative estimate of drug-likeness (QED) is 0.515. The van der Waals surface area contributed by atoms with Crippen molar-refractivity contribution in [1.82, 2.24) is 4.90 Å². The molecule has 0 aromatic heterocycles. The van der Waals surface area contributed by atoms with E-state index in [1.165, 1.54) is 0 Å². The lowest BCUT2D eigenvalue weighted by molar-refractivity contribution is 0.293. The normalized spacial score (nSPS) is 11.5. The molecule has 0 saturated heterocycles. The number of rotatable bonds is 2. The summed E-state index contributed by atoms with van der Waals surface area (Å²) in [7, 11) is 3.96. The zero-order valence-corrected chi connectivity index (χ0v) is 8.54. The fraction of sp³-hybridized carbons (Fsp3) is 0.750. The van der Waals surface area contributed by atoms with E-state index in [-0.39, 0.29) is 6.17 Å². The summed E-state index contributed by atoms with van der Waals surface area (Å²) in [4.78, 5) is 2.00. The minimum atomic E-state index is 0.236. The van der Waals surface area contributed by atoms with Crippen LogP contribution in [-0.4, -0.2) is 25.2 Å². The van der Waals surface area contributed by atoms with E-state index in [4.69, 9.17) is 17.2 Å². The first-order valence-electron chi connectivity index (χ1n) is 4.04. The molecule has 0 aliphatic carbocycles. The molecule has 4 heteroatoms. The molecule has 6 N–H and O–H groups in total. The molecule has 0 fully saturated rings. The lowest BCUT2D eigenvalue weighted by atomic mass is 10.4. The van der Waals surface area contributed by atoms with Gasteiger partial charge in [-0.1, -0.05) is 6.92 Å². The first kappa shape index (κ1) is 13.8. The first-order chi connectivity index (χ1) is 5.45. The summed E-state index contributed by atoms with van der Waals surface area (Å²) in [6.07, 6.45) is 2.90. The smallest absolute Gasteiger partial charge is 0.0889 e. The average Bonchev–Trinajstić information content (AvgIpc) is 2.04. The molecule has 4 nitrogen and oxygen atoms in total. The Morgan fingerprint density at radius 3 is 1.75 bits per heavy atom. The zero-order chi connectivity index (χ0) is 10.1. The molecule has 74 valence electrons. The summed E-state index contributed by atoms with van der Waals surface area (Å²) in [6.45, 7) is 3.86. The molecule has 0 aromatic rings. The van der Waals surface area contributed by atoms with Gasteiger partial charge < -0.3 is 17.2 Å². The molecule has 0 rings (SSSR count). The van der Waals surface area contributed by atoms with Crippen LogP contribution in [0.1, 0.15) is 20.3 Å². The molecule has 0 heterocycles. The summed E-state index contributed by atoms with van der Waals surface area (Å²) < 4.78 is 0. The van der Waals surface area contributed by atoms with Crippen LogP contribution in [0, 0.1) is 0 Å². The molecule has 1 unspecified atom stereocenters. The van der Waals surface area contributed by atoms with Crippen molar-refractivity contribution < 1.29 is 0 Å². The Kier molecular flexibility index (Phi) is 9.63. The van der Waals surface area contributed by atoms with E-state index < -0.39 is 0 Å². The van der Waals surface area contributed by atoms with Gasteiger partial charge in [-0.3, -0.25) is 4.90 Å². The Morgan fingerprint density at radius 2 is 1.75 bits per heavy atom. The second-order valence-corrected chi connectivity index (χ2v) is 2.73. The van der Waals surface area contributed by atoms with Gasteiger partial charge in [0, 0.05) is 0 Å². The highest BCUT2D eigenvalue weighted by Gasteiger charge is 1.97. The van der Waals surface area contributed by atoms with Gasteiger partial charge in [0.05, 0.1) is 12.0 Å². The predicted octanol–water partition coefficient (Wildman–Crippen LogP) is 0.00790. The van der Waals surface area contributed by atoms with Crippen LogP contribution in [0.25, 0.3) is 0 Å². The molecule has 0 aliphatic heterocycles. The molecule has 0 spiro atoms. The number of hydrogen-bond acceptors (Lipinski definition) is 4. The molecule has 0 amide bonds. The van der Waals surface area contributed by atoms with Crippen LogP contribution in [0.3, 0.4) is 0 Å². The predicted molar refractivity (Wildman–Crippen MR) is 54.1 cm³/mol. The van der Waals surface area contributed by atoms with Crippen molar-refractivity contribution >= 4 is 0 Å². The highest BCUT2D eigenvalue weighted by atomic mass is 15.2. The molecule has 0 radical (unpaired) electrons. The van der Waals surface area contributed by atoms with Gasteiger partial charge in [0.25, 0.3) is 0 Å². The van der Waals surface area contributed by atoms with Crippen molar-refractivity contribution in [3.05, 3.63) is 11.9 Å². The lowest BCUT2D eigenvalue weighted by Crippen LogP contribution is -2.35. The second-order valence-electron chi connectivity index (χ2n) is 2.73. The van der Waals surface area contributed by atoms with Crippen molar-refractivity contribution in [3.8, 4) is 0 Å². The van der Waals surface area contributed by atoms with Gasteiger partial charge in [-0.05, 0) is 33.5 Å². The van der Waals surface area contributed by atoms with Crippen LogP contribution in [0.5, 0.6) is 0 Å². The third kappa shape index (κ3) is 12.0. The van der Waals surface area contributed by atoms with Crippen LogP contribution in [0.2, 0.25) is 0 Å². The fourth-order valence-electron chi connectivity index (χ4n) is 0.365. The molecule has 0 bridgehead atoms. The van der Waals surface area contributed by atoms with Gasteiger partial charge in [0.1, 0.15) is 0 Å². The van der Waals surface area contributed by atoms with Crippen molar-refractivity contribution in [3.63, 3.8) is 0 Å². The van der Waals surface area contributed by atoms with E-state index in [0.717, 1.165) is 6.42 Å². The van der Waals surface area contributed by atoms with Crippen LogP contribution in [-0.2, 0) is 0 Å². The SMILES string of the molecule is CC=C(N)N.CCC(N)N(C)C. The van der Waals surface area contributed by atoms with Gasteiger partial charge in [0.15, 0.2) is 0 Å². The van der Waals surface area contributed by atoms with Crippen LogP contribution >= 0.6 is 0 Å². The molecular formula is C8H22N4. The monoisotopic (exact) mass is 174 g/mol. The van der Waals surface area contributed by atoms with Crippen LogP contribution < -0.4 is 17.2 Å². The summed E-state index contributed by atoms with van der Waals surface area (Å²) in [5, 5.41) is 0. The van der Waals surface area contributed by atoms with Crippen molar-refractivity contribution in [2.45, 2.75) is 26.4 Å². The summed E-state index contributed by atoms with van der Waals surface area (Å²) in [5.74, 6) is 0.380. The van der Waals surface area contributed by atoms with Crippen molar-refractivity contribution in [2.75, 3.05) is 14.1 Å². The Morgan fingerprint density at radius 1 is 1.42 bits per heavy atom. The third-order valence-corrected chi connectivity index (χ3v) is 1.41. The van der Waals surface area contributed by atoms with Gasteiger partial charge in [0.2, 0.25) is 0 Å². The Hall–Kier alpha value is -0.740. The molecule has 1 atom stereocenters. The van der Waals surface area contributed by atoms with Crippen LogP contribution in [0.15, 0.2) is 11.9 Å². The van der Waals surface area contributed by atoms with Crippen LogP contribution in [0.4, 0.5) is 0 Å². The summed E-state index contributed by atoms with van der Waals surface area (Å²) >= 11 is 0. The topological polar surface area (TPSA) is 81.3 Å². The zero-order valence-electron chi connectivity index (χ0n) is 8.54. The van der Waals surface area contributed by atoms with E-state index in [1.54, 1.807) is 13.0 Å². The summed E-state index contributed by atoms with van der Waals surface area (Å²) in [6, 6.07) is 0. The molecular weight excluding hydrogens is 152 g/mol. The average molecular weight is 174 g/mol. The van der Waals surface area contributed by atoms with Crippen molar-refractivity contribution in [1.29, 1.82) is 0 Å². The Labute approximate surface area is 75.4 Å². The number of allylic oxidation sites excluding steroid dienone is 1. The van der Waals surface area contributed by atoms with E-state index in [2.05, 4.69) is 6.92 Å². The van der Waals surface area contributed by atoms with Gasteiger partial charge in [-0.15, -0.1) is 0 Å². The van der Waals surface area contributed by atoms with Crippen molar-refractivity contribution in [2.24, 2.45) is 17.2 Å². The number of nitrogens with zero attached hydrogens (tertiary/aromatic N) is 1. The van der Waals surface area contributed by atoms with E-state index in [9.17, 15) is 0 Å². The maximum Gasteiger partial charge on any atom is 0.0889 e. The third-order valence-electron chi connectivity index (χ3n) is 1.41. The molecule has 0 aliphatic rings. The van der Waals surface area contributed by atoms with E-state index in [0.29, 0.717) is 5.82 Å². The Bertz CT molecular complexity index is 116. The minimum absolute atomic E-state index is 0.236. The number of nitrogens with two attached hydrogens (primary N) is 3. The maximum atomic E-state index is 5.54. The van der Waals surface area contributed by atoms with E-state index in [1.807, 2.05) is 19.0 Å². The largest absolute Gasteiger partial charge is 0.386 e. The maximum absolute atomic E-state index is 5.54. The summed E-state index contributed by atoms with van der Waals surface area (Å²) in [5.41, 5.74) is 15.4. The molecule has 0 saturated carbocycles. The first-order valence-corrected chi connectivity index (χ1v) is 4.04. The molecule has 12 heavy (non-hydrogen) atoms. The number of hydrogen-bond donors (Lipinski definition) is 3. The standard InChI is InChI=1S/C5H14N2.C3H8N2/c1-4-5(6)7(2)3;1-2-3(4)5/h5H,4,6H2,1-3H3;2H,4-5H2,1H3. The lowest BCUT2D eigenvalue weighted by Gasteiger charge is -2.16. The second kappa shape index (κ2) is 8.36. The highest BCUT2D eigenvalue weighted by molar-refractivity contribution is 4.84. The highest BCUT2D eigenvalue weighted by Crippen LogP contribution is 1.86. The van der Waals surface area contributed by atoms with Gasteiger partial charge >= 0.3 is 0 Å². The van der Waals surface area contributed by atoms with E-state index >= 15 is 0 Å². The minimum Gasteiger partial charge on any atom is -0.386 e. The van der Waals surface area contributed by atoms with Gasteiger partial charge in [-0.25, -0.2) is 0 Å². The van der Waals surface area contributed by atoms with Gasteiger partial charge in [-0.2, -0.15) is 0 Å². The Balaban J connectivity index is 0. The molecule has 0 aromatic carbocycles.